The Morgan fingerprint density at radius 3 is 2.35 bits per heavy atom. The van der Waals surface area contributed by atoms with Crippen molar-refractivity contribution >= 4 is 17.7 Å². The number of aliphatic imine (C=N–C) groups is 1. The first-order valence-corrected chi connectivity index (χ1v) is 13.0. The zero-order chi connectivity index (χ0) is 27.0. The SMILES string of the molecule is CCC.CCN=c1cc(-c2cccc(C(=O)NCc3ccccc3)c2)nc(/N=C(\CC)NNCC)n1C. The smallest absolute Gasteiger partial charge is 0.251 e. The van der Waals surface area contributed by atoms with E-state index in [2.05, 4.69) is 35.0 Å². The van der Waals surface area contributed by atoms with Crippen molar-refractivity contribution in [1.82, 2.24) is 25.7 Å². The molecule has 8 heteroatoms. The van der Waals surface area contributed by atoms with Crippen LogP contribution in [0.1, 0.15) is 63.4 Å². The molecule has 0 atom stereocenters. The van der Waals surface area contributed by atoms with Crippen LogP contribution >= 0.6 is 0 Å². The molecule has 0 fully saturated rings. The van der Waals surface area contributed by atoms with Crippen LogP contribution < -0.4 is 21.7 Å². The minimum absolute atomic E-state index is 0.132. The molecule has 0 saturated heterocycles. The third-order valence-electron chi connectivity index (χ3n) is 5.15. The Morgan fingerprint density at radius 1 is 0.973 bits per heavy atom. The van der Waals surface area contributed by atoms with Gasteiger partial charge in [-0.3, -0.25) is 14.4 Å². The monoisotopic (exact) mass is 503 g/mol. The standard InChI is InChI=1S/C26H33N7O.C3H8/c1-5-23(32-29-7-3)31-26-30-22(17-24(27-6-2)33(26)4)20-14-11-15-21(16-20)25(34)28-18-19-12-9-8-10-13-19;1-3-2/h8-17,29H,5-7,18H2,1-4H3,(H,28,34)(H,30,31,32);3H2,1-2H3. The summed E-state index contributed by atoms with van der Waals surface area (Å²) in [4.78, 5) is 26.9. The average Bonchev–Trinajstić information content (AvgIpc) is 2.92. The molecule has 0 spiro atoms. The van der Waals surface area contributed by atoms with Gasteiger partial charge in [0.25, 0.3) is 5.91 Å². The summed E-state index contributed by atoms with van der Waals surface area (Å²) in [5.74, 6) is 1.18. The second kappa shape index (κ2) is 16.1. The molecule has 8 nitrogen and oxygen atoms in total. The number of amidine groups is 1. The summed E-state index contributed by atoms with van der Waals surface area (Å²) in [5, 5.41) is 2.98. The van der Waals surface area contributed by atoms with Gasteiger partial charge in [-0.25, -0.2) is 10.4 Å². The number of hydrogen-bond donors (Lipinski definition) is 3. The summed E-state index contributed by atoms with van der Waals surface area (Å²) in [7, 11) is 1.90. The molecule has 3 N–H and O–H groups in total. The van der Waals surface area contributed by atoms with Crippen molar-refractivity contribution in [3.05, 3.63) is 77.3 Å². The van der Waals surface area contributed by atoms with E-state index in [0.29, 0.717) is 30.3 Å². The molecule has 0 unspecified atom stereocenters. The number of nitrogens with one attached hydrogen (secondary N) is 3. The first-order chi connectivity index (χ1) is 18.0. The summed E-state index contributed by atoms with van der Waals surface area (Å²) >= 11 is 0. The number of benzene rings is 2. The van der Waals surface area contributed by atoms with E-state index in [-0.39, 0.29) is 5.91 Å². The van der Waals surface area contributed by atoms with E-state index in [1.54, 1.807) is 6.07 Å². The van der Waals surface area contributed by atoms with Crippen molar-refractivity contribution in [2.24, 2.45) is 17.0 Å². The Bertz CT molecular complexity index is 1220. The number of amides is 1. The molecule has 0 saturated carbocycles. The predicted molar refractivity (Wildman–Crippen MR) is 153 cm³/mol. The molecular weight excluding hydrogens is 462 g/mol. The lowest BCUT2D eigenvalue weighted by atomic mass is 10.1. The molecule has 198 valence electrons. The van der Waals surface area contributed by atoms with Gasteiger partial charge >= 0.3 is 0 Å². The van der Waals surface area contributed by atoms with E-state index in [4.69, 9.17) is 9.98 Å². The van der Waals surface area contributed by atoms with Gasteiger partial charge in [0.15, 0.2) is 0 Å². The Kier molecular flexibility index (Phi) is 12.8. The molecule has 3 rings (SSSR count). The summed E-state index contributed by atoms with van der Waals surface area (Å²) < 4.78 is 1.87. The second-order valence-corrected chi connectivity index (χ2v) is 8.36. The van der Waals surface area contributed by atoms with Crippen molar-refractivity contribution in [3.63, 3.8) is 0 Å². The van der Waals surface area contributed by atoms with E-state index in [1.165, 1.54) is 6.42 Å². The number of hydrogen-bond acceptors (Lipinski definition) is 5. The van der Waals surface area contributed by atoms with Crippen LogP contribution in [-0.2, 0) is 13.6 Å². The van der Waals surface area contributed by atoms with Gasteiger partial charge in [-0.2, -0.15) is 4.99 Å². The van der Waals surface area contributed by atoms with Gasteiger partial charge < -0.3 is 10.7 Å². The fourth-order valence-electron chi connectivity index (χ4n) is 3.30. The maximum absolute atomic E-state index is 12.8. The zero-order valence-electron chi connectivity index (χ0n) is 23.0. The summed E-state index contributed by atoms with van der Waals surface area (Å²) in [6.45, 7) is 12.2. The molecule has 0 radical (unpaired) electrons. The fourth-order valence-corrected chi connectivity index (χ4v) is 3.30. The first-order valence-electron chi connectivity index (χ1n) is 13.0. The van der Waals surface area contributed by atoms with Gasteiger partial charge in [0.05, 0.1) is 5.69 Å². The molecule has 1 amide bonds. The number of aromatic nitrogens is 2. The Labute approximate surface area is 221 Å². The Hall–Kier alpha value is -3.78. The van der Waals surface area contributed by atoms with Crippen LogP contribution in [0.2, 0.25) is 0 Å². The highest BCUT2D eigenvalue weighted by Crippen LogP contribution is 2.20. The third kappa shape index (κ3) is 9.31. The lowest BCUT2D eigenvalue weighted by molar-refractivity contribution is 0.0951. The van der Waals surface area contributed by atoms with Gasteiger partial charge in [-0.15, -0.1) is 0 Å². The molecule has 37 heavy (non-hydrogen) atoms. The van der Waals surface area contributed by atoms with E-state index in [0.717, 1.165) is 35.4 Å². The highest BCUT2D eigenvalue weighted by Gasteiger charge is 2.11. The topological polar surface area (TPSA) is 95.7 Å². The first kappa shape index (κ1) is 29.5. The van der Waals surface area contributed by atoms with E-state index in [9.17, 15) is 4.79 Å². The van der Waals surface area contributed by atoms with Crippen LogP contribution in [0.4, 0.5) is 5.95 Å². The number of nitrogens with zero attached hydrogens (tertiary/aromatic N) is 4. The molecule has 0 aliphatic heterocycles. The van der Waals surface area contributed by atoms with E-state index < -0.39 is 0 Å². The molecule has 0 bridgehead atoms. The third-order valence-corrected chi connectivity index (χ3v) is 5.15. The van der Waals surface area contributed by atoms with Crippen LogP contribution in [0.5, 0.6) is 0 Å². The van der Waals surface area contributed by atoms with Gasteiger partial charge in [-0.05, 0) is 24.6 Å². The minimum atomic E-state index is -0.132. The quantitative estimate of drug-likeness (QED) is 0.220. The van der Waals surface area contributed by atoms with Gasteiger partial charge in [0.2, 0.25) is 5.95 Å². The van der Waals surface area contributed by atoms with Crippen LogP contribution in [0, 0.1) is 0 Å². The van der Waals surface area contributed by atoms with Crippen LogP contribution in [0.25, 0.3) is 11.3 Å². The lowest BCUT2D eigenvalue weighted by Gasteiger charge is -2.12. The van der Waals surface area contributed by atoms with Crippen molar-refractivity contribution in [1.29, 1.82) is 0 Å². The fraction of sp³-hybridized carbons (Fsp3) is 0.379. The van der Waals surface area contributed by atoms with Gasteiger partial charge in [-0.1, -0.05) is 76.6 Å². The summed E-state index contributed by atoms with van der Waals surface area (Å²) in [6, 6.07) is 19.2. The molecule has 0 aliphatic carbocycles. The van der Waals surface area contributed by atoms with Crippen molar-refractivity contribution in [2.75, 3.05) is 13.1 Å². The molecule has 1 heterocycles. The average molecular weight is 504 g/mol. The lowest BCUT2D eigenvalue weighted by Crippen LogP contribution is -2.36. The largest absolute Gasteiger partial charge is 0.348 e. The van der Waals surface area contributed by atoms with Crippen LogP contribution in [-0.4, -0.2) is 34.4 Å². The normalized spacial score (nSPS) is 11.5. The highest BCUT2D eigenvalue weighted by molar-refractivity contribution is 5.95. The molecular formula is C29H41N7O. The molecule has 1 aromatic heterocycles. The number of rotatable bonds is 9. The highest BCUT2D eigenvalue weighted by atomic mass is 16.1. The maximum Gasteiger partial charge on any atom is 0.251 e. The van der Waals surface area contributed by atoms with Crippen molar-refractivity contribution < 1.29 is 4.79 Å². The second-order valence-electron chi connectivity index (χ2n) is 8.36. The van der Waals surface area contributed by atoms with Gasteiger partial charge in [0, 0.05) is 50.3 Å². The van der Waals surface area contributed by atoms with Crippen LogP contribution in [0.15, 0.2) is 70.6 Å². The number of carbonyl (C=O) groups is 1. The zero-order valence-corrected chi connectivity index (χ0v) is 23.0. The van der Waals surface area contributed by atoms with E-state index in [1.807, 2.05) is 87.0 Å². The summed E-state index contributed by atoms with van der Waals surface area (Å²) in [5.41, 5.74) is 10.1. The van der Waals surface area contributed by atoms with E-state index >= 15 is 0 Å². The Balaban J connectivity index is 0.00000153. The number of hydrazine groups is 1. The maximum atomic E-state index is 12.8. The molecule has 3 aromatic rings. The molecule has 2 aromatic carbocycles. The van der Waals surface area contributed by atoms with Gasteiger partial charge in [0.1, 0.15) is 11.3 Å². The van der Waals surface area contributed by atoms with Crippen LogP contribution in [0.3, 0.4) is 0 Å². The minimum Gasteiger partial charge on any atom is -0.348 e. The van der Waals surface area contributed by atoms with Crippen molar-refractivity contribution in [2.45, 2.75) is 54.0 Å². The number of carbonyl (C=O) groups excluding carboxylic acids is 1. The summed E-state index contributed by atoms with van der Waals surface area (Å²) in [6.07, 6.45) is 1.97. The van der Waals surface area contributed by atoms with Crippen molar-refractivity contribution in [3.8, 4) is 11.3 Å². The predicted octanol–water partition coefficient (Wildman–Crippen LogP) is 4.91. The Morgan fingerprint density at radius 2 is 1.70 bits per heavy atom. The molecule has 0 aliphatic rings.